The van der Waals surface area contributed by atoms with Crippen LogP contribution < -0.4 is 5.32 Å². The van der Waals surface area contributed by atoms with Crippen molar-refractivity contribution in [3.8, 4) is 6.07 Å². The van der Waals surface area contributed by atoms with E-state index in [1.165, 1.54) is 25.1 Å². The molecule has 0 saturated heterocycles. The molecule has 3 nitrogen and oxygen atoms in total. The smallest absolute Gasteiger partial charge is 0.255 e. The maximum absolute atomic E-state index is 13.1. The quantitative estimate of drug-likeness (QED) is 0.771. The minimum atomic E-state index is -0.623. The standard InChI is InChI=1S/C10H9FN2O/c1-7(6-12)13-10(14)8-4-2-3-5-9(8)11/h2-5,7H,1H3,(H,13,14). The van der Waals surface area contributed by atoms with Gasteiger partial charge in [0, 0.05) is 0 Å². The molecule has 0 aliphatic heterocycles. The Kier molecular flexibility index (Phi) is 3.19. The van der Waals surface area contributed by atoms with Crippen molar-refractivity contribution in [3.05, 3.63) is 35.6 Å². The van der Waals surface area contributed by atoms with Crippen molar-refractivity contribution in [3.63, 3.8) is 0 Å². The number of benzene rings is 1. The molecule has 1 rings (SSSR count). The molecule has 14 heavy (non-hydrogen) atoms. The van der Waals surface area contributed by atoms with E-state index in [2.05, 4.69) is 5.32 Å². The number of nitrogens with one attached hydrogen (secondary N) is 1. The fourth-order valence-electron chi connectivity index (χ4n) is 0.952. The van der Waals surface area contributed by atoms with Crippen LogP contribution in [-0.4, -0.2) is 11.9 Å². The zero-order valence-corrected chi connectivity index (χ0v) is 7.62. The van der Waals surface area contributed by atoms with Crippen LogP contribution in [0.1, 0.15) is 17.3 Å². The normalized spacial score (nSPS) is 11.5. The van der Waals surface area contributed by atoms with E-state index in [9.17, 15) is 9.18 Å². The van der Waals surface area contributed by atoms with Gasteiger partial charge >= 0.3 is 0 Å². The first-order valence-corrected chi connectivity index (χ1v) is 4.10. The zero-order valence-electron chi connectivity index (χ0n) is 7.62. The summed E-state index contributed by atoms with van der Waals surface area (Å²) >= 11 is 0. The van der Waals surface area contributed by atoms with Crippen molar-refractivity contribution in [2.24, 2.45) is 0 Å². The number of carbonyl (C=O) groups is 1. The van der Waals surface area contributed by atoms with Crippen molar-refractivity contribution in [2.45, 2.75) is 13.0 Å². The Bertz CT molecular complexity index is 384. The molecular formula is C10H9FN2O. The van der Waals surface area contributed by atoms with Crippen LogP contribution in [-0.2, 0) is 0 Å². The van der Waals surface area contributed by atoms with Crippen molar-refractivity contribution < 1.29 is 9.18 Å². The lowest BCUT2D eigenvalue weighted by Gasteiger charge is -2.06. The highest BCUT2D eigenvalue weighted by atomic mass is 19.1. The highest BCUT2D eigenvalue weighted by Crippen LogP contribution is 2.05. The molecule has 1 N–H and O–H groups in total. The maximum Gasteiger partial charge on any atom is 0.255 e. The lowest BCUT2D eigenvalue weighted by Crippen LogP contribution is -2.31. The summed E-state index contributed by atoms with van der Waals surface area (Å²) in [6.45, 7) is 1.53. The van der Waals surface area contributed by atoms with Gasteiger partial charge in [-0.2, -0.15) is 5.26 Å². The van der Waals surface area contributed by atoms with E-state index in [1.54, 1.807) is 6.07 Å². The lowest BCUT2D eigenvalue weighted by atomic mass is 10.2. The summed E-state index contributed by atoms with van der Waals surface area (Å²) in [6.07, 6.45) is 0. The van der Waals surface area contributed by atoms with Crippen LogP contribution >= 0.6 is 0 Å². The van der Waals surface area contributed by atoms with E-state index in [0.29, 0.717) is 0 Å². The largest absolute Gasteiger partial charge is 0.336 e. The molecule has 1 aromatic rings. The van der Waals surface area contributed by atoms with E-state index in [-0.39, 0.29) is 5.56 Å². The fourth-order valence-corrected chi connectivity index (χ4v) is 0.952. The van der Waals surface area contributed by atoms with Crippen molar-refractivity contribution in [1.29, 1.82) is 5.26 Å². The Morgan fingerprint density at radius 2 is 2.21 bits per heavy atom. The van der Waals surface area contributed by atoms with Crippen LogP contribution in [0.25, 0.3) is 0 Å². The van der Waals surface area contributed by atoms with Gasteiger partial charge in [-0.3, -0.25) is 4.79 Å². The van der Waals surface area contributed by atoms with E-state index < -0.39 is 17.8 Å². The molecule has 0 aromatic heterocycles. The highest BCUT2D eigenvalue weighted by Gasteiger charge is 2.12. The molecule has 1 aromatic carbocycles. The SMILES string of the molecule is CC(C#N)NC(=O)c1ccccc1F. The van der Waals surface area contributed by atoms with Crippen LogP contribution in [0, 0.1) is 17.1 Å². The summed E-state index contributed by atoms with van der Waals surface area (Å²) < 4.78 is 13.1. The molecule has 72 valence electrons. The molecule has 0 saturated carbocycles. The number of hydrogen-bond acceptors (Lipinski definition) is 2. The number of hydrogen-bond donors (Lipinski definition) is 1. The van der Waals surface area contributed by atoms with Gasteiger partial charge in [-0.15, -0.1) is 0 Å². The van der Waals surface area contributed by atoms with Crippen molar-refractivity contribution in [2.75, 3.05) is 0 Å². The van der Waals surface area contributed by atoms with Gasteiger partial charge in [0.25, 0.3) is 5.91 Å². The topological polar surface area (TPSA) is 52.9 Å². The Hall–Kier alpha value is -1.89. The summed E-state index contributed by atoms with van der Waals surface area (Å²) in [5.41, 5.74) is -0.0467. The van der Waals surface area contributed by atoms with Crippen LogP contribution in [0.4, 0.5) is 4.39 Å². The third kappa shape index (κ3) is 2.30. The predicted molar refractivity (Wildman–Crippen MR) is 48.9 cm³/mol. The molecule has 1 atom stereocenters. The van der Waals surface area contributed by atoms with E-state index in [4.69, 9.17) is 5.26 Å². The Morgan fingerprint density at radius 1 is 1.57 bits per heavy atom. The summed E-state index contributed by atoms with van der Waals surface area (Å²) in [6, 6.07) is 6.84. The molecule has 4 heteroatoms. The van der Waals surface area contributed by atoms with Crippen molar-refractivity contribution in [1.82, 2.24) is 5.32 Å². The molecule has 0 aliphatic rings. The fraction of sp³-hybridized carbons (Fsp3) is 0.200. The van der Waals surface area contributed by atoms with E-state index >= 15 is 0 Å². The van der Waals surface area contributed by atoms with Gasteiger partial charge in [-0.25, -0.2) is 4.39 Å². The minimum absolute atomic E-state index is 0.0467. The van der Waals surface area contributed by atoms with Crippen LogP contribution in [0.5, 0.6) is 0 Å². The van der Waals surface area contributed by atoms with Gasteiger partial charge in [-0.05, 0) is 19.1 Å². The number of halogens is 1. The van der Waals surface area contributed by atoms with E-state index in [0.717, 1.165) is 0 Å². The van der Waals surface area contributed by atoms with Crippen molar-refractivity contribution >= 4 is 5.91 Å². The number of nitriles is 1. The van der Waals surface area contributed by atoms with Crippen LogP contribution in [0.2, 0.25) is 0 Å². The highest BCUT2D eigenvalue weighted by molar-refractivity contribution is 5.94. The minimum Gasteiger partial charge on any atom is -0.336 e. The summed E-state index contributed by atoms with van der Waals surface area (Å²) in [4.78, 5) is 11.3. The molecule has 0 aliphatic carbocycles. The second kappa shape index (κ2) is 4.38. The third-order valence-corrected chi connectivity index (χ3v) is 1.66. The molecule has 1 amide bonds. The first kappa shape index (κ1) is 10.2. The third-order valence-electron chi connectivity index (χ3n) is 1.66. The molecule has 0 radical (unpaired) electrons. The van der Waals surface area contributed by atoms with Gasteiger partial charge in [0.2, 0.25) is 0 Å². The van der Waals surface area contributed by atoms with Crippen LogP contribution in [0.15, 0.2) is 24.3 Å². The summed E-state index contributed by atoms with van der Waals surface area (Å²) in [5.74, 6) is -1.16. The van der Waals surface area contributed by atoms with Gasteiger partial charge in [0.15, 0.2) is 0 Å². The molecule has 0 fully saturated rings. The number of rotatable bonds is 2. The lowest BCUT2D eigenvalue weighted by molar-refractivity contribution is 0.0944. The Balaban J connectivity index is 2.81. The second-order valence-electron chi connectivity index (χ2n) is 2.80. The average molecular weight is 192 g/mol. The maximum atomic E-state index is 13.1. The second-order valence-corrected chi connectivity index (χ2v) is 2.80. The monoisotopic (exact) mass is 192 g/mol. The van der Waals surface area contributed by atoms with Gasteiger partial charge in [0.05, 0.1) is 11.6 Å². The molecule has 0 heterocycles. The number of amides is 1. The molecule has 1 unspecified atom stereocenters. The Labute approximate surface area is 81.2 Å². The number of carbonyl (C=O) groups excluding carboxylic acids is 1. The van der Waals surface area contributed by atoms with Gasteiger partial charge < -0.3 is 5.32 Å². The first-order chi connectivity index (χ1) is 6.65. The van der Waals surface area contributed by atoms with Crippen LogP contribution in [0.3, 0.4) is 0 Å². The summed E-state index contributed by atoms with van der Waals surface area (Å²) in [7, 11) is 0. The number of nitrogens with zero attached hydrogens (tertiary/aromatic N) is 1. The van der Waals surface area contributed by atoms with Gasteiger partial charge in [-0.1, -0.05) is 12.1 Å². The summed E-state index contributed by atoms with van der Waals surface area (Å²) in [5, 5.41) is 10.8. The first-order valence-electron chi connectivity index (χ1n) is 4.10. The average Bonchev–Trinajstić information content (AvgIpc) is 2.18. The van der Waals surface area contributed by atoms with Gasteiger partial charge in [0.1, 0.15) is 11.9 Å². The Morgan fingerprint density at radius 3 is 2.79 bits per heavy atom. The zero-order chi connectivity index (χ0) is 10.6. The molecular weight excluding hydrogens is 183 g/mol. The molecule has 0 bridgehead atoms. The van der Waals surface area contributed by atoms with E-state index in [1.807, 2.05) is 6.07 Å². The molecule has 0 spiro atoms. The predicted octanol–water partition coefficient (Wildman–Crippen LogP) is 1.47.